The minimum Gasteiger partial charge on any atom is -0.428 e. The molecule has 0 saturated heterocycles. The molecule has 0 aliphatic carbocycles. The lowest BCUT2D eigenvalue weighted by molar-refractivity contribution is -0.253. The van der Waals surface area contributed by atoms with E-state index in [1.165, 1.54) is 29.5 Å². The maximum absolute atomic E-state index is 13.0. The zero-order valence-corrected chi connectivity index (χ0v) is 12.1. The van der Waals surface area contributed by atoms with Crippen LogP contribution in [0.15, 0.2) is 41.8 Å². The summed E-state index contributed by atoms with van der Waals surface area (Å²) in [5.74, 6) is -0.348. The smallest absolute Gasteiger partial charge is 0.428 e. The highest BCUT2D eigenvalue weighted by Gasteiger charge is 2.44. The molecule has 116 valence electrons. The summed E-state index contributed by atoms with van der Waals surface area (Å²) in [6, 6.07) is 8.45. The standard InChI is InChI=1S/C13H11F4NOS.ClH/c14-12(15)13(16,17)19-9-5-2-1-4-8(9)11(18)10-6-3-7-20-10;/h1-7,11-12H,18H2;1H/t11-;/m1./s1. The molecule has 0 unspecified atom stereocenters. The van der Waals surface area contributed by atoms with Gasteiger partial charge in [0, 0.05) is 10.4 Å². The first-order valence-electron chi connectivity index (χ1n) is 5.64. The van der Waals surface area contributed by atoms with Crippen molar-refractivity contribution in [2.24, 2.45) is 5.73 Å². The number of thiophene rings is 1. The van der Waals surface area contributed by atoms with Crippen LogP contribution in [0, 0.1) is 0 Å². The first-order valence-corrected chi connectivity index (χ1v) is 6.52. The van der Waals surface area contributed by atoms with Gasteiger partial charge in [-0.1, -0.05) is 24.3 Å². The summed E-state index contributed by atoms with van der Waals surface area (Å²) in [7, 11) is 0. The second-order valence-electron chi connectivity index (χ2n) is 4.00. The van der Waals surface area contributed by atoms with Crippen LogP contribution in [0.3, 0.4) is 0 Å². The number of rotatable bonds is 5. The van der Waals surface area contributed by atoms with Crippen molar-refractivity contribution in [3.8, 4) is 5.75 Å². The van der Waals surface area contributed by atoms with Crippen LogP contribution in [-0.2, 0) is 0 Å². The molecule has 2 nitrogen and oxygen atoms in total. The predicted molar refractivity (Wildman–Crippen MR) is 75.6 cm³/mol. The van der Waals surface area contributed by atoms with Crippen LogP contribution in [0.25, 0.3) is 0 Å². The van der Waals surface area contributed by atoms with Gasteiger partial charge in [-0.05, 0) is 17.5 Å². The van der Waals surface area contributed by atoms with Crippen molar-refractivity contribution in [1.82, 2.24) is 0 Å². The molecule has 0 radical (unpaired) electrons. The molecular weight excluding hydrogens is 330 g/mol. The fourth-order valence-electron chi connectivity index (χ4n) is 1.64. The number of hydrogen-bond donors (Lipinski definition) is 1. The molecule has 2 aromatic rings. The lowest BCUT2D eigenvalue weighted by Gasteiger charge is -2.21. The third-order valence-electron chi connectivity index (χ3n) is 2.60. The Morgan fingerprint density at radius 3 is 2.33 bits per heavy atom. The monoisotopic (exact) mass is 341 g/mol. The average molecular weight is 342 g/mol. The Balaban J connectivity index is 0.00000220. The van der Waals surface area contributed by atoms with Gasteiger partial charge in [0.05, 0.1) is 6.04 Å². The quantitative estimate of drug-likeness (QED) is 0.815. The summed E-state index contributed by atoms with van der Waals surface area (Å²) >= 11 is 1.34. The molecule has 1 aromatic carbocycles. The normalized spacial score (nSPS) is 12.9. The van der Waals surface area contributed by atoms with E-state index in [0.717, 1.165) is 4.88 Å². The fourth-order valence-corrected chi connectivity index (χ4v) is 2.39. The Labute approximate surface area is 128 Å². The van der Waals surface area contributed by atoms with E-state index in [9.17, 15) is 17.6 Å². The van der Waals surface area contributed by atoms with E-state index in [1.54, 1.807) is 23.6 Å². The molecule has 0 fully saturated rings. The van der Waals surface area contributed by atoms with Crippen LogP contribution in [0.1, 0.15) is 16.5 Å². The largest absolute Gasteiger partial charge is 0.461 e. The molecule has 2 N–H and O–H groups in total. The fraction of sp³-hybridized carbons (Fsp3) is 0.231. The van der Waals surface area contributed by atoms with Gasteiger partial charge in [-0.25, -0.2) is 0 Å². The summed E-state index contributed by atoms with van der Waals surface area (Å²) in [6.45, 7) is 0. The molecule has 0 spiro atoms. The van der Waals surface area contributed by atoms with Gasteiger partial charge in [0.2, 0.25) is 0 Å². The number of para-hydroxylation sites is 1. The molecule has 0 aliphatic rings. The molecule has 0 bridgehead atoms. The molecule has 0 amide bonds. The number of halogens is 5. The zero-order chi connectivity index (χ0) is 14.8. The second-order valence-corrected chi connectivity index (χ2v) is 4.97. The number of ether oxygens (including phenoxy) is 1. The van der Waals surface area contributed by atoms with Crippen molar-refractivity contribution < 1.29 is 22.3 Å². The summed E-state index contributed by atoms with van der Waals surface area (Å²) in [5, 5.41) is 1.78. The summed E-state index contributed by atoms with van der Waals surface area (Å²) in [6.07, 6.45) is -8.46. The maximum atomic E-state index is 13.0. The maximum Gasteiger partial charge on any atom is 0.461 e. The van der Waals surface area contributed by atoms with Gasteiger partial charge in [0.25, 0.3) is 0 Å². The van der Waals surface area contributed by atoms with Crippen molar-refractivity contribution >= 4 is 23.7 Å². The first kappa shape index (κ1) is 17.7. The van der Waals surface area contributed by atoms with Crippen molar-refractivity contribution in [3.63, 3.8) is 0 Å². The van der Waals surface area contributed by atoms with Gasteiger partial charge in [0.1, 0.15) is 5.75 Å². The van der Waals surface area contributed by atoms with Gasteiger partial charge in [-0.15, -0.1) is 23.7 Å². The van der Waals surface area contributed by atoms with Crippen LogP contribution in [0.5, 0.6) is 5.75 Å². The van der Waals surface area contributed by atoms with Crippen LogP contribution in [0.2, 0.25) is 0 Å². The molecule has 1 atom stereocenters. The third kappa shape index (κ3) is 4.09. The van der Waals surface area contributed by atoms with Gasteiger partial charge < -0.3 is 10.5 Å². The lowest BCUT2D eigenvalue weighted by atomic mass is 10.1. The first-order chi connectivity index (χ1) is 9.42. The van der Waals surface area contributed by atoms with Crippen LogP contribution in [0.4, 0.5) is 17.6 Å². The Hall–Kier alpha value is -1.31. The Morgan fingerprint density at radius 2 is 1.76 bits per heavy atom. The third-order valence-corrected chi connectivity index (χ3v) is 3.56. The molecule has 21 heavy (non-hydrogen) atoms. The highest BCUT2D eigenvalue weighted by Crippen LogP contribution is 2.34. The average Bonchev–Trinajstić information content (AvgIpc) is 2.92. The second kappa shape index (κ2) is 7.11. The topological polar surface area (TPSA) is 35.2 Å². The van der Waals surface area contributed by atoms with Gasteiger partial charge >= 0.3 is 12.5 Å². The van der Waals surface area contributed by atoms with Gasteiger partial charge in [-0.3, -0.25) is 0 Å². The molecule has 1 aromatic heterocycles. The minimum absolute atomic E-state index is 0. The summed E-state index contributed by atoms with van der Waals surface area (Å²) in [4.78, 5) is 0.724. The van der Waals surface area contributed by atoms with Gasteiger partial charge in [0.15, 0.2) is 0 Å². The van der Waals surface area contributed by atoms with E-state index in [1.807, 2.05) is 0 Å². The number of hydrogen-bond acceptors (Lipinski definition) is 3. The van der Waals surface area contributed by atoms with E-state index >= 15 is 0 Å². The lowest BCUT2D eigenvalue weighted by Crippen LogP contribution is -2.34. The van der Waals surface area contributed by atoms with Crippen molar-refractivity contribution in [3.05, 3.63) is 52.2 Å². The predicted octanol–water partition coefficient (Wildman–Crippen LogP) is 4.45. The SMILES string of the molecule is Cl.N[C@@H](c1cccs1)c1ccccc1OC(F)(F)C(F)F. The molecular formula is C13H12ClF4NOS. The van der Waals surface area contributed by atoms with Crippen LogP contribution < -0.4 is 10.5 Å². The molecule has 2 rings (SSSR count). The highest BCUT2D eigenvalue weighted by atomic mass is 35.5. The van der Waals surface area contributed by atoms with Crippen LogP contribution >= 0.6 is 23.7 Å². The van der Waals surface area contributed by atoms with Crippen molar-refractivity contribution in [2.75, 3.05) is 0 Å². The molecule has 8 heteroatoms. The number of benzene rings is 1. The number of alkyl halides is 4. The van der Waals surface area contributed by atoms with Crippen molar-refractivity contribution in [2.45, 2.75) is 18.6 Å². The highest BCUT2D eigenvalue weighted by molar-refractivity contribution is 7.10. The van der Waals surface area contributed by atoms with E-state index in [4.69, 9.17) is 5.73 Å². The Kier molecular flexibility index (Phi) is 6.00. The Morgan fingerprint density at radius 1 is 1.10 bits per heavy atom. The molecule has 0 saturated carbocycles. The van der Waals surface area contributed by atoms with Crippen LogP contribution in [-0.4, -0.2) is 12.5 Å². The van der Waals surface area contributed by atoms with Gasteiger partial charge in [-0.2, -0.15) is 17.6 Å². The number of nitrogens with two attached hydrogens (primary N) is 1. The Bertz CT molecular complexity index is 565. The van der Waals surface area contributed by atoms with E-state index in [-0.39, 0.29) is 23.7 Å². The summed E-state index contributed by atoms with van der Waals surface area (Å²) in [5.41, 5.74) is 6.19. The van der Waals surface area contributed by atoms with E-state index in [2.05, 4.69) is 4.74 Å². The van der Waals surface area contributed by atoms with E-state index in [0.29, 0.717) is 0 Å². The molecule has 1 heterocycles. The zero-order valence-electron chi connectivity index (χ0n) is 10.5. The molecule has 0 aliphatic heterocycles. The van der Waals surface area contributed by atoms with Crippen molar-refractivity contribution in [1.29, 1.82) is 0 Å². The summed E-state index contributed by atoms with van der Waals surface area (Å²) < 4.78 is 54.6. The van der Waals surface area contributed by atoms with E-state index < -0.39 is 18.6 Å². The minimum atomic E-state index is -4.55.